The summed E-state index contributed by atoms with van der Waals surface area (Å²) in [5.74, 6) is 3.35. The fourth-order valence-electron chi connectivity index (χ4n) is 7.09. The molecule has 2 aliphatic rings. The molecule has 2 aliphatic heterocycles. The molecule has 0 atom stereocenters. The number of nitrogens with zero attached hydrogens (tertiary/aromatic N) is 4. The van der Waals surface area contributed by atoms with Crippen molar-refractivity contribution in [1.29, 1.82) is 0 Å². The molecule has 0 aliphatic carbocycles. The van der Waals surface area contributed by atoms with Crippen molar-refractivity contribution in [2.45, 2.75) is 61.3 Å². The minimum Gasteiger partial charge on any atom is -0.493 e. The molecule has 0 saturated heterocycles. The number of carboxylic acids is 1. The predicted molar refractivity (Wildman–Crippen MR) is 188 cm³/mol. The van der Waals surface area contributed by atoms with Crippen LogP contribution in [0.1, 0.15) is 57.6 Å². The fourth-order valence-corrected chi connectivity index (χ4v) is 9.10. The minimum absolute atomic E-state index is 0.282. The number of aromatic nitrogens is 4. The van der Waals surface area contributed by atoms with E-state index in [0.717, 1.165) is 91.2 Å². The van der Waals surface area contributed by atoms with Gasteiger partial charge in [-0.05, 0) is 61.8 Å². The maximum atomic E-state index is 12.8. The predicted octanol–water partition coefficient (Wildman–Crippen LogP) is 8.84. The summed E-state index contributed by atoms with van der Waals surface area (Å²) in [5, 5.41) is 19.2. The summed E-state index contributed by atoms with van der Waals surface area (Å²) in [6.45, 7) is 3.30. The monoisotopic (exact) mass is 684 g/mol. The lowest BCUT2D eigenvalue weighted by molar-refractivity contribution is 0.0685. The van der Waals surface area contributed by atoms with Crippen molar-refractivity contribution in [2.24, 2.45) is 7.05 Å². The number of aromatic carboxylic acids is 1. The molecule has 0 saturated carbocycles. The summed E-state index contributed by atoms with van der Waals surface area (Å²) in [5.41, 5.74) is 6.79. The third-order valence-electron chi connectivity index (χ3n) is 9.17. The van der Waals surface area contributed by atoms with Gasteiger partial charge >= 0.3 is 5.97 Å². The zero-order chi connectivity index (χ0) is 32.2. The van der Waals surface area contributed by atoms with Crippen LogP contribution in [0.25, 0.3) is 32.8 Å². The minimum atomic E-state index is -0.955. The Labute approximate surface area is 285 Å². The largest absolute Gasteiger partial charge is 0.493 e. The van der Waals surface area contributed by atoms with E-state index in [9.17, 15) is 9.90 Å². The van der Waals surface area contributed by atoms with Crippen molar-refractivity contribution in [2.75, 3.05) is 6.61 Å². The van der Waals surface area contributed by atoms with Crippen molar-refractivity contribution >= 4 is 62.8 Å². The zero-order valence-electron chi connectivity index (χ0n) is 26.1. The summed E-state index contributed by atoms with van der Waals surface area (Å²) in [6.07, 6.45) is 3.11. The Morgan fingerprint density at radius 1 is 1.02 bits per heavy atom. The second kappa shape index (κ2) is 12.3. The number of benzene rings is 3. The highest BCUT2D eigenvalue weighted by atomic mass is 35.5. The van der Waals surface area contributed by atoms with Gasteiger partial charge in [0.25, 0.3) is 0 Å². The number of carboxylic acid groups (broad SMARTS) is 1. The number of thioether (sulfide) groups is 2. The molecule has 8 rings (SSSR count). The van der Waals surface area contributed by atoms with E-state index in [1.807, 2.05) is 42.8 Å². The maximum absolute atomic E-state index is 12.8. The van der Waals surface area contributed by atoms with E-state index >= 15 is 0 Å². The quantitative estimate of drug-likeness (QED) is 0.184. The maximum Gasteiger partial charge on any atom is 0.352 e. The van der Waals surface area contributed by atoms with Crippen LogP contribution in [-0.2, 0) is 43.7 Å². The van der Waals surface area contributed by atoms with Crippen LogP contribution in [0.4, 0.5) is 0 Å². The normalized spacial score (nSPS) is 15.4. The molecule has 0 fully saturated rings. The van der Waals surface area contributed by atoms with Crippen molar-refractivity contribution in [3.63, 3.8) is 0 Å². The molecule has 8 bridgehead atoms. The van der Waals surface area contributed by atoms with Crippen LogP contribution in [0.15, 0.2) is 57.8 Å². The Kier molecular flexibility index (Phi) is 7.98. The van der Waals surface area contributed by atoms with Gasteiger partial charge in [0.05, 0.1) is 40.0 Å². The molecular weight excluding hydrogens is 652 g/mol. The molecule has 0 unspecified atom stereocenters. The second-order valence-corrected chi connectivity index (χ2v) is 14.5. The van der Waals surface area contributed by atoms with Crippen LogP contribution in [-0.4, -0.2) is 37.0 Å². The first kappa shape index (κ1) is 30.5. The average molecular weight is 685 g/mol. The third-order valence-corrected chi connectivity index (χ3v) is 11.4. The standard InChI is InChI=1S/C36H33ClN4O4S2/c1-20-30-18-47-22-15-21-7-3-4-8-23(21)29(16-22)44-14-6-9-24-25-11-12-26(37)32(34(25)40(2)35(24)36(42)43)33-27(17-46-19-31(38-20)45-30)39-41-13-5-10-28(33)41/h3-4,7-8,11-12,15-16H,5-6,9-10,13-14,17-19H2,1-2H3,(H,42,43). The molecule has 5 heterocycles. The molecule has 240 valence electrons. The number of aryl methyl sites for hydroxylation is 4. The summed E-state index contributed by atoms with van der Waals surface area (Å²) in [7, 11) is 1.83. The molecule has 0 amide bonds. The van der Waals surface area contributed by atoms with Gasteiger partial charge in [-0.1, -0.05) is 41.9 Å². The number of oxazole rings is 1. The van der Waals surface area contributed by atoms with E-state index in [2.05, 4.69) is 28.9 Å². The number of halogens is 1. The molecule has 8 nitrogen and oxygen atoms in total. The molecule has 1 N–H and O–H groups in total. The number of ether oxygens (including phenoxy) is 1. The fraction of sp³-hybridized carbons (Fsp3) is 0.306. The topological polar surface area (TPSA) is 95.3 Å². The van der Waals surface area contributed by atoms with E-state index in [4.69, 9.17) is 30.8 Å². The molecule has 3 aromatic heterocycles. The van der Waals surface area contributed by atoms with Gasteiger partial charge in [-0.25, -0.2) is 9.78 Å². The van der Waals surface area contributed by atoms with Gasteiger partial charge in [0.15, 0.2) is 0 Å². The van der Waals surface area contributed by atoms with Gasteiger partial charge in [0.2, 0.25) is 5.89 Å². The molecular formula is C36H33ClN4O4S2. The van der Waals surface area contributed by atoms with Crippen LogP contribution < -0.4 is 4.74 Å². The zero-order valence-corrected chi connectivity index (χ0v) is 28.5. The second-order valence-electron chi connectivity index (χ2n) is 12.1. The van der Waals surface area contributed by atoms with Crippen molar-refractivity contribution in [3.8, 4) is 16.9 Å². The summed E-state index contributed by atoms with van der Waals surface area (Å²) >= 11 is 10.5. The van der Waals surface area contributed by atoms with Crippen LogP contribution in [0.2, 0.25) is 5.02 Å². The number of hydrogen-bond acceptors (Lipinski definition) is 7. The SMILES string of the molecule is Cc1nc2oc1CSc1cc(c3ccccc3c1)OCCCc1c(C(=O)O)n(C)c3c(c(Cl)ccc13)-c1c(nn3c1CCC3)CSC2. The summed E-state index contributed by atoms with van der Waals surface area (Å²) in [6, 6.07) is 16.4. The molecule has 0 spiro atoms. The molecule has 11 heteroatoms. The van der Waals surface area contributed by atoms with E-state index < -0.39 is 5.97 Å². The number of hydrogen-bond donors (Lipinski definition) is 1. The smallest absolute Gasteiger partial charge is 0.352 e. The summed E-state index contributed by atoms with van der Waals surface area (Å²) < 4.78 is 16.6. The highest BCUT2D eigenvalue weighted by molar-refractivity contribution is 7.98. The van der Waals surface area contributed by atoms with E-state index in [1.54, 1.807) is 23.5 Å². The lowest BCUT2D eigenvalue weighted by Crippen LogP contribution is -2.09. The Balaban J connectivity index is 1.26. The Morgan fingerprint density at radius 2 is 1.89 bits per heavy atom. The number of carbonyl (C=O) groups is 1. The van der Waals surface area contributed by atoms with E-state index in [-0.39, 0.29) is 5.69 Å². The molecule has 3 aromatic carbocycles. The van der Waals surface area contributed by atoms with E-state index in [0.29, 0.717) is 47.6 Å². The van der Waals surface area contributed by atoms with Gasteiger partial charge in [0.1, 0.15) is 17.2 Å². The van der Waals surface area contributed by atoms with Crippen molar-refractivity contribution in [1.82, 2.24) is 19.3 Å². The first-order chi connectivity index (χ1) is 22.9. The highest BCUT2D eigenvalue weighted by Gasteiger charge is 2.30. The first-order valence-electron chi connectivity index (χ1n) is 15.8. The Bertz CT molecular complexity index is 2200. The van der Waals surface area contributed by atoms with Gasteiger partial charge in [-0.15, -0.1) is 23.5 Å². The van der Waals surface area contributed by atoms with Crippen LogP contribution in [0, 0.1) is 6.92 Å². The van der Waals surface area contributed by atoms with Crippen molar-refractivity contribution in [3.05, 3.63) is 93.5 Å². The third kappa shape index (κ3) is 5.40. The van der Waals surface area contributed by atoms with Gasteiger partial charge in [-0.2, -0.15) is 5.10 Å². The average Bonchev–Trinajstić information content (AvgIpc) is 3.80. The van der Waals surface area contributed by atoms with Crippen molar-refractivity contribution < 1.29 is 19.1 Å². The number of fused-ring (bicyclic) bond motifs is 10. The van der Waals surface area contributed by atoms with E-state index in [1.165, 1.54) is 0 Å². The van der Waals surface area contributed by atoms with Crippen LogP contribution >= 0.6 is 35.1 Å². The summed E-state index contributed by atoms with van der Waals surface area (Å²) in [4.78, 5) is 18.6. The van der Waals surface area contributed by atoms with Gasteiger partial charge < -0.3 is 18.8 Å². The van der Waals surface area contributed by atoms with Crippen LogP contribution in [0.5, 0.6) is 5.75 Å². The Morgan fingerprint density at radius 3 is 2.77 bits per heavy atom. The van der Waals surface area contributed by atoms with Gasteiger partial charge in [-0.3, -0.25) is 4.68 Å². The van der Waals surface area contributed by atoms with Gasteiger partial charge in [0, 0.05) is 51.8 Å². The first-order valence-corrected chi connectivity index (χ1v) is 18.3. The highest BCUT2D eigenvalue weighted by Crippen LogP contribution is 2.44. The number of rotatable bonds is 1. The Hall–Kier alpha value is -3.86. The molecule has 6 aromatic rings. The lowest BCUT2D eigenvalue weighted by atomic mass is 9.97. The lowest BCUT2D eigenvalue weighted by Gasteiger charge is -2.12. The molecule has 47 heavy (non-hydrogen) atoms. The van der Waals surface area contributed by atoms with Crippen LogP contribution in [0.3, 0.4) is 0 Å². The molecule has 0 radical (unpaired) electrons.